The van der Waals surface area contributed by atoms with E-state index in [1.54, 1.807) is 5.32 Å². The zero-order valence-electron chi connectivity index (χ0n) is 18.1. The largest absolute Gasteiger partial charge is 0.471 e. The fourth-order valence-corrected chi connectivity index (χ4v) is 3.22. The molecule has 1 aliphatic rings. The number of halogens is 3. The summed E-state index contributed by atoms with van der Waals surface area (Å²) in [5.74, 6) is -2.29. The van der Waals surface area contributed by atoms with Crippen molar-refractivity contribution in [2.75, 3.05) is 19.7 Å². The van der Waals surface area contributed by atoms with E-state index >= 15 is 0 Å². The maximum absolute atomic E-state index is 12.1. The summed E-state index contributed by atoms with van der Waals surface area (Å²) >= 11 is 0. The van der Waals surface area contributed by atoms with E-state index in [0.717, 1.165) is 4.57 Å². The van der Waals surface area contributed by atoms with E-state index in [4.69, 9.17) is 9.84 Å². The van der Waals surface area contributed by atoms with Gasteiger partial charge in [0.25, 0.3) is 5.56 Å². The number of hydrogen-bond donors (Lipinski definition) is 5. The van der Waals surface area contributed by atoms with Gasteiger partial charge in [0.15, 0.2) is 0 Å². The van der Waals surface area contributed by atoms with Crippen molar-refractivity contribution in [2.24, 2.45) is 0 Å². The van der Waals surface area contributed by atoms with Crippen LogP contribution in [0.2, 0.25) is 0 Å². The molecule has 14 heteroatoms. The number of nitrogens with zero attached hydrogens (tertiary/aromatic N) is 1. The first-order valence-corrected chi connectivity index (χ1v) is 10.6. The van der Waals surface area contributed by atoms with E-state index < -0.39 is 48.4 Å². The summed E-state index contributed by atoms with van der Waals surface area (Å²) in [6, 6.07) is 0. The van der Waals surface area contributed by atoms with E-state index in [0.29, 0.717) is 19.3 Å². The van der Waals surface area contributed by atoms with Crippen LogP contribution in [0.4, 0.5) is 13.2 Å². The van der Waals surface area contributed by atoms with Crippen molar-refractivity contribution in [3.63, 3.8) is 0 Å². The zero-order chi connectivity index (χ0) is 25.3. The van der Waals surface area contributed by atoms with Gasteiger partial charge in [-0.15, -0.1) is 0 Å². The number of unbranched alkanes of at least 4 members (excludes halogenated alkanes) is 2. The summed E-state index contributed by atoms with van der Waals surface area (Å²) in [6.45, 7) is -0.466. The Bertz CT molecular complexity index is 990. The molecule has 1 fully saturated rings. The number of carbonyl (C=O) groups excluding carboxylic acids is 2. The molecule has 1 saturated heterocycles. The molecular formula is C20H27F3N4O7. The van der Waals surface area contributed by atoms with Crippen LogP contribution in [0.3, 0.4) is 0 Å². The highest BCUT2D eigenvalue weighted by atomic mass is 19.4. The molecule has 11 nitrogen and oxygen atoms in total. The Morgan fingerprint density at radius 2 is 1.97 bits per heavy atom. The second-order valence-corrected chi connectivity index (χ2v) is 7.64. The minimum atomic E-state index is -4.91. The van der Waals surface area contributed by atoms with Crippen molar-refractivity contribution >= 4 is 17.9 Å². The van der Waals surface area contributed by atoms with Gasteiger partial charge in [0.05, 0.1) is 18.3 Å². The molecular weight excluding hydrogens is 465 g/mol. The van der Waals surface area contributed by atoms with Gasteiger partial charge in [-0.3, -0.25) is 23.9 Å². The topological polar surface area (TPSA) is 163 Å². The molecule has 0 unspecified atom stereocenters. The van der Waals surface area contributed by atoms with Gasteiger partial charge in [0, 0.05) is 32.1 Å². The Morgan fingerprint density at radius 3 is 2.62 bits per heavy atom. The molecule has 0 aliphatic carbocycles. The molecule has 1 aliphatic heterocycles. The number of hydrogen-bond acceptors (Lipinski definition) is 7. The average Bonchev–Trinajstić information content (AvgIpc) is 3.14. The molecule has 0 spiro atoms. The van der Waals surface area contributed by atoms with Crippen LogP contribution in [0.5, 0.6) is 0 Å². The molecule has 2 amide bonds. The summed E-state index contributed by atoms with van der Waals surface area (Å²) in [5.41, 5.74) is -1.27. The van der Waals surface area contributed by atoms with Crippen molar-refractivity contribution in [1.82, 2.24) is 20.2 Å². The second kappa shape index (κ2) is 12.5. The van der Waals surface area contributed by atoms with Crippen molar-refractivity contribution in [2.45, 2.75) is 56.7 Å². The van der Waals surface area contributed by atoms with Crippen LogP contribution in [0.1, 0.15) is 43.9 Å². The predicted octanol–water partition coefficient (Wildman–Crippen LogP) is -0.454. The monoisotopic (exact) mass is 492 g/mol. The van der Waals surface area contributed by atoms with Gasteiger partial charge in [-0.1, -0.05) is 18.6 Å². The molecule has 0 saturated carbocycles. The highest BCUT2D eigenvalue weighted by Crippen LogP contribution is 2.27. The SMILES string of the molecule is O=C(CCCCCNC(=O)C(F)(F)F)NC/C=C/c1cn([C@H]2C[C@H](O)[C@@H](CO)O2)c(=O)[nH]c1=O. The smallest absolute Gasteiger partial charge is 0.394 e. The fraction of sp³-hybridized carbons (Fsp3) is 0.600. The van der Waals surface area contributed by atoms with E-state index in [1.165, 1.54) is 18.3 Å². The third-order valence-electron chi connectivity index (χ3n) is 5.03. The van der Waals surface area contributed by atoms with Crippen molar-refractivity contribution in [3.8, 4) is 0 Å². The van der Waals surface area contributed by atoms with Gasteiger partial charge in [-0.05, 0) is 12.8 Å². The summed E-state index contributed by atoms with van der Waals surface area (Å²) in [4.78, 5) is 48.7. The molecule has 190 valence electrons. The summed E-state index contributed by atoms with van der Waals surface area (Å²) < 4.78 is 42.6. The molecule has 1 aromatic heterocycles. The van der Waals surface area contributed by atoms with Gasteiger partial charge in [0.1, 0.15) is 12.3 Å². The number of aliphatic hydroxyl groups excluding tert-OH is 2. The number of aliphatic hydroxyl groups is 2. The first-order chi connectivity index (χ1) is 16.0. The minimum absolute atomic E-state index is 0.0606. The number of ether oxygens (including phenoxy) is 1. The van der Waals surface area contributed by atoms with Gasteiger partial charge in [0.2, 0.25) is 5.91 Å². The Hall–Kier alpha value is -2.97. The summed E-state index contributed by atoms with van der Waals surface area (Å²) in [6.07, 6.45) is -2.04. The minimum Gasteiger partial charge on any atom is -0.394 e. The number of alkyl halides is 3. The average molecular weight is 492 g/mol. The third kappa shape index (κ3) is 8.11. The van der Waals surface area contributed by atoms with Crippen LogP contribution in [0.15, 0.2) is 21.9 Å². The summed E-state index contributed by atoms with van der Waals surface area (Å²) in [5, 5.41) is 23.3. The lowest BCUT2D eigenvalue weighted by Crippen LogP contribution is -2.37. The highest BCUT2D eigenvalue weighted by Gasteiger charge is 2.38. The van der Waals surface area contributed by atoms with Crippen LogP contribution in [0.25, 0.3) is 6.08 Å². The van der Waals surface area contributed by atoms with Crippen molar-refractivity contribution in [3.05, 3.63) is 38.7 Å². The molecule has 5 N–H and O–H groups in total. The van der Waals surface area contributed by atoms with E-state index in [1.807, 2.05) is 0 Å². The van der Waals surface area contributed by atoms with Gasteiger partial charge < -0.3 is 25.6 Å². The molecule has 34 heavy (non-hydrogen) atoms. The maximum atomic E-state index is 12.1. The van der Waals surface area contributed by atoms with Crippen molar-refractivity contribution in [1.29, 1.82) is 0 Å². The van der Waals surface area contributed by atoms with Crippen LogP contribution in [0, 0.1) is 0 Å². The lowest BCUT2D eigenvalue weighted by Gasteiger charge is -2.14. The molecule has 0 radical (unpaired) electrons. The maximum Gasteiger partial charge on any atom is 0.471 e. The van der Waals surface area contributed by atoms with Crippen molar-refractivity contribution < 1.29 is 37.7 Å². The zero-order valence-corrected chi connectivity index (χ0v) is 18.1. The van der Waals surface area contributed by atoms with Crippen LogP contribution in [-0.4, -0.2) is 69.7 Å². The predicted molar refractivity (Wildman–Crippen MR) is 113 cm³/mol. The number of rotatable bonds is 11. The Balaban J connectivity index is 1.75. The third-order valence-corrected chi connectivity index (χ3v) is 5.03. The van der Waals surface area contributed by atoms with Crippen LogP contribution in [-0.2, 0) is 14.3 Å². The first-order valence-electron chi connectivity index (χ1n) is 10.6. The van der Waals surface area contributed by atoms with Crippen LogP contribution >= 0.6 is 0 Å². The Kier molecular flexibility index (Phi) is 10.0. The number of aromatic nitrogens is 2. The van der Waals surface area contributed by atoms with E-state index in [9.17, 15) is 37.5 Å². The second-order valence-electron chi connectivity index (χ2n) is 7.64. The lowest BCUT2D eigenvalue weighted by atomic mass is 10.2. The van der Waals surface area contributed by atoms with Gasteiger partial charge >= 0.3 is 17.8 Å². The molecule has 1 aromatic rings. The van der Waals surface area contributed by atoms with E-state index in [-0.39, 0.29) is 37.4 Å². The molecule has 0 bridgehead atoms. The normalized spacial score (nSPS) is 20.6. The van der Waals surface area contributed by atoms with E-state index in [2.05, 4.69) is 10.3 Å². The van der Waals surface area contributed by atoms with Gasteiger partial charge in [-0.25, -0.2) is 4.79 Å². The Morgan fingerprint density at radius 1 is 1.24 bits per heavy atom. The molecule has 2 heterocycles. The highest BCUT2D eigenvalue weighted by molar-refractivity contribution is 5.81. The summed E-state index contributed by atoms with van der Waals surface area (Å²) in [7, 11) is 0. The molecule has 2 rings (SSSR count). The number of amides is 2. The Labute approximate surface area is 191 Å². The number of nitrogens with one attached hydrogen (secondary N) is 3. The number of carbonyl (C=O) groups is 2. The molecule has 3 atom stereocenters. The quantitative estimate of drug-likeness (QED) is 0.261. The van der Waals surface area contributed by atoms with Crippen LogP contribution < -0.4 is 21.9 Å². The standard InChI is InChI=1S/C20H27F3N4O7/c21-20(22,23)18(32)25-7-3-1-2-6-15(30)24-8-4-5-12-10-27(19(33)26-17(12)31)16-9-13(29)14(11-28)34-16/h4-5,10,13-14,16,28-29H,1-3,6-9,11H2,(H,24,30)(H,25,32)(H,26,31,33)/b5-4+/t13-,14+,16+/m0/s1. The lowest BCUT2D eigenvalue weighted by molar-refractivity contribution is -0.173. The number of aromatic amines is 1. The molecule has 0 aromatic carbocycles. The number of H-pyrrole nitrogens is 1. The fourth-order valence-electron chi connectivity index (χ4n) is 3.22. The first kappa shape index (κ1) is 27.3. The van der Waals surface area contributed by atoms with Gasteiger partial charge in [-0.2, -0.15) is 13.2 Å².